The van der Waals surface area contributed by atoms with E-state index in [-0.39, 0.29) is 11.3 Å². The van der Waals surface area contributed by atoms with E-state index in [9.17, 15) is 9.90 Å². The first-order chi connectivity index (χ1) is 7.15. The molecule has 0 saturated heterocycles. The predicted molar refractivity (Wildman–Crippen MR) is 60.4 cm³/mol. The van der Waals surface area contributed by atoms with E-state index in [0.717, 1.165) is 5.33 Å². The first-order valence-corrected chi connectivity index (χ1v) is 5.38. The monoisotopic (exact) mass is 268 g/mol. The van der Waals surface area contributed by atoms with Crippen LogP contribution in [0.5, 0.6) is 5.75 Å². The average molecular weight is 269 g/mol. The normalized spacial score (nSPS) is 9.13. The molecule has 1 aromatic rings. The number of phenols is 1. The molecule has 1 rings (SSSR count). The van der Waals surface area contributed by atoms with Crippen LogP contribution < -0.4 is 0 Å². The van der Waals surface area contributed by atoms with Crippen LogP contribution >= 0.6 is 15.9 Å². The summed E-state index contributed by atoms with van der Waals surface area (Å²) in [5.41, 5.74) is 0.465. The molecule has 1 aromatic carbocycles. The molecule has 0 aromatic heterocycles. The highest BCUT2D eigenvalue weighted by Gasteiger charge is 2.05. The molecule has 3 nitrogen and oxygen atoms in total. The Labute approximate surface area is 95.9 Å². The van der Waals surface area contributed by atoms with E-state index in [4.69, 9.17) is 5.11 Å². The zero-order chi connectivity index (χ0) is 11.3. The number of phenolic OH excluding ortho intramolecular Hbond substituents is 1. The molecular weight excluding hydrogens is 260 g/mol. The maximum absolute atomic E-state index is 10.7. The molecule has 0 unspecified atom stereocenters. The summed E-state index contributed by atoms with van der Waals surface area (Å²) in [5, 5.41) is 18.9. The Morgan fingerprint density at radius 1 is 1.47 bits per heavy atom. The lowest BCUT2D eigenvalue weighted by atomic mass is 10.1. The molecule has 78 valence electrons. The number of carboxylic acids is 1. The molecule has 0 aliphatic heterocycles. The molecule has 0 fully saturated rings. The van der Waals surface area contributed by atoms with Crippen LogP contribution in [0.1, 0.15) is 22.3 Å². The summed E-state index contributed by atoms with van der Waals surface area (Å²) in [6.07, 6.45) is 0.650. The largest absolute Gasteiger partial charge is 0.507 e. The van der Waals surface area contributed by atoms with E-state index in [2.05, 4.69) is 27.8 Å². The first-order valence-electron chi connectivity index (χ1n) is 4.26. The van der Waals surface area contributed by atoms with E-state index in [1.54, 1.807) is 0 Å². The van der Waals surface area contributed by atoms with Gasteiger partial charge in [-0.05, 0) is 18.2 Å². The fourth-order valence-electron chi connectivity index (χ4n) is 0.974. The Morgan fingerprint density at radius 3 is 2.80 bits per heavy atom. The molecule has 0 bridgehead atoms. The van der Waals surface area contributed by atoms with Crippen molar-refractivity contribution in [3.63, 3.8) is 0 Å². The summed E-state index contributed by atoms with van der Waals surface area (Å²) in [4.78, 5) is 10.7. The number of alkyl halides is 1. The number of benzene rings is 1. The van der Waals surface area contributed by atoms with Crippen LogP contribution in [-0.4, -0.2) is 21.5 Å². The second kappa shape index (κ2) is 5.42. The lowest BCUT2D eigenvalue weighted by Crippen LogP contribution is -1.96. The van der Waals surface area contributed by atoms with Crippen molar-refractivity contribution in [2.75, 3.05) is 5.33 Å². The van der Waals surface area contributed by atoms with Crippen molar-refractivity contribution >= 4 is 21.9 Å². The van der Waals surface area contributed by atoms with E-state index >= 15 is 0 Å². The second-order valence-corrected chi connectivity index (χ2v) is 3.57. The summed E-state index contributed by atoms with van der Waals surface area (Å²) in [7, 11) is 0. The number of hydrogen-bond acceptors (Lipinski definition) is 2. The van der Waals surface area contributed by atoms with Gasteiger partial charge in [-0.25, -0.2) is 4.79 Å². The summed E-state index contributed by atoms with van der Waals surface area (Å²) < 4.78 is 0. The lowest BCUT2D eigenvalue weighted by Gasteiger charge is -1.98. The van der Waals surface area contributed by atoms with Gasteiger partial charge >= 0.3 is 5.97 Å². The van der Waals surface area contributed by atoms with Crippen LogP contribution in [0.15, 0.2) is 18.2 Å². The highest BCUT2D eigenvalue weighted by Crippen LogP contribution is 2.17. The topological polar surface area (TPSA) is 57.5 Å². The molecule has 0 aliphatic rings. The molecule has 0 heterocycles. The third kappa shape index (κ3) is 3.30. The van der Waals surface area contributed by atoms with Crippen molar-refractivity contribution in [3.05, 3.63) is 29.3 Å². The SMILES string of the molecule is O=C(O)c1ccc(O)c(C#CCCBr)c1. The predicted octanol–water partition coefficient (Wildman–Crippen LogP) is 2.23. The average Bonchev–Trinajstić information content (AvgIpc) is 2.20. The minimum absolute atomic E-state index is 0.00192. The minimum Gasteiger partial charge on any atom is -0.507 e. The van der Waals surface area contributed by atoms with Crippen molar-refractivity contribution in [3.8, 4) is 17.6 Å². The lowest BCUT2D eigenvalue weighted by molar-refractivity contribution is 0.0697. The van der Waals surface area contributed by atoms with Crippen LogP contribution in [-0.2, 0) is 0 Å². The van der Waals surface area contributed by atoms with Gasteiger partial charge in [-0.2, -0.15) is 0 Å². The van der Waals surface area contributed by atoms with Crippen LogP contribution in [0.4, 0.5) is 0 Å². The third-order valence-electron chi connectivity index (χ3n) is 1.69. The zero-order valence-corrected chi connectivity index (χ0v) is 9.41. The number of halogens is 1. The van der Waals surface area contributed by atoms with Gasteiger partial charge in [0, 0.05) is 11.8 Å². The molecule has 0 amide bonds. The standard InChI is InChI=1S/C11H9BrO3/c12-6-2-1-3-8-7-9(11(14)15)4-5-10(8)13/h4-5,7,13H,2,6H2,(H,14,15). The van der Waals surface area contributed by atoms with E-state index in [1.807, 2.05) is 0 Å². The molecule has 2 N–H and O–H groups in total. The van der Waals surface area contributed by atoms with Crippen molar-refractivity contribution in [2.24, 2.45) is 0 Å². The number of aromatic hydroxyl groups is 1. The van der Waals surface area contributed by atoms with Gasteiger partial charge < -0.3 is 10.2 Å². The quantitative estimate of drug-likeness (QED) is 0.639. The number of hydrogen-bond donors (Lipinski definition) is 2. The molecule has 0 atom stereocenters. The first kappa shape index (κ1) is 11.6. The fraction of sp³-hybridized carbons (Fsp3) is 0.182. The highest BCUT2D eigenvalue weighted by atomic mass is 79.9. The Kier molecular flexibility index (Phi) is 4.19. The van der Waals surface area contributed by atoms with Crippen LogP contribution in [0.25, 0.3) is 0 Å². The van der Waals surface area contributed by atoms with Gasteiger partial charge in [-0.15, -0.1) is 0 Å². The van der Waals surface area contributed by atoms with Gasteiger partial charge in [0.25, 0.3) is 0 Å². The van der Waals surface area contributed by atoms with Gasteiger partial charge in [0.2, 0.25) is 0 Å². The van der Waals surface area contributed by atoms with Gasteiger partial charge in [0.05, 0.1) is 11.1 Å². The summed E-state index contributed by atoms with van der Waals surface area (Å²) in [5.74, 6) is 4.50. The number of carbonyl (C=O) groups is 1. The Hall–Kier alpha value is -1.47. The van der Waals surface area contributed by atoms with Gasteiger partial charge in [-0.3, -0.25) is 0 Å². The molecule has 4 heteroatoms. The van der Waals surface area contributed by atoms with Crippen LogP contribution in [0, 0.1) is 11.8 Å². The van der Waals surface area contributed by atoms with Crippen molar-refractivity contribution in [1.82, 2.24) is 0 Å². The smallest absolute Gasteiger partial charge is 0.335 e. The van der Waals surface area contributed by atoms with Gasteiger partial charge in [-0.1, -0.05) is 27.8 Å². The Bertz CT molecular complexity index is 429. The molecular formula is C11H9BrO3. The molecule has 15 heavy (non-hydrogen) atoms. The van der Waals surface area contributed by atoms with Gasteiger partial charge in [0.15, 0.2) is 0 Å². The fourth-order valence-corrected chi connectivity index (χ4v) is 1.17. The minimum atomic E-state index is -1.03. The summed E-state index contributed by atoms with van der Waals surface area (Å²) >= 11 is 3.22. The summed E-state index contributed by atoms with van der Waals surface area (Å²) in [6, 6.07) is 4.04. The Balaban J connectivity index is 3.02. The molecule has 0 saturated carbocycles. The third-order valence-corrected chi connectivity index (χ3v) is 2.08. The summed E-state index contributed by atoms with van der Waals surface area (Å²) in [6.45, 7) is 0. The van der Waals surface area contributed by atoms with Crippen LogP contribution in [0.3, 0.4) is 0 Å². The maximum atomic E-state index is 10.7. The van der Waals surface area contributed by atoms with Crippen molar-refractivity contribution in [2.45, 2.75) is 6.42 Å². The van der Waals surface area contributed by atoms with Crippen molar-refractivity contribution < 1.29 is 15.0 Å². The molecule has 0 radical (unpaired) electrons. The van der Waals surface area contributed by atoms with Gasteiger partial charge in [0.1, 0.15) is 5.75 Å². The molecule has 0 aliphatic carbocycles. The highest BCUT2D eigenvalue weighted by molar-refractivity contribution is 9.09. The number of aromatic carboxylic acids is 1. The van der Waals surface area contributed by atoms with Crippen molar-refractivity contribution in [1.29, 1.82) is 0 Å². The van der Waals surface area contributed by atoms with E-state index < -0.39 is 5.97 Å². The zero-order valence-electron chi connectivity index (χ0n) is 7.83. The second-order valence-electron chi connectivity index (χ2n) is 2.78. The van der Waals surface area contributed by atoms with Crippen LogP contribution in [0.2, 0.25) is 0 Å². The molecule has 0 spiro atoms. The Morgan fingerprint density at radius 2 is 2.20 bits per heavy atom. The number of rotatable bonds is 2. The van der Waals surface area contributed by atoms with E-state index in [1.165, 1.54) is 18.2 Å². The number of carboxylic acid groups (broad SMARTS) is 1. The maximum Gasteiger partial charge on any atom is 0.335 e. The van der Waals surface area contributed by atoms with E-state index in [0.29, 0.717) is 12.0 Å².